The first-order chi connectivity index (χ1) is 12.8. The Morgan fingerprint density at radius 3 is 2.93 bits per heavy atom. The van der Waals surface area contributed by atoms with Gasteiger partial charge in [0.25, 0.3) is 0 Å². The summed E-state index contributed by atoms with van der Waals surface area (Å²) >= 11 is 0. The molecule has 1 aliphatic heterocycles. The minimum atomic E-state index is -1.53. The molecule has 1 saturated heterocycles. The number of amidine groups is 1. The predicted octanol–water partition coefficient (Wildman–Crippen LogP) is 0.151. The third-order valence-corrected chi connectivity index (χ3v) is 4.97. The normalized spacial score (nSPS) is 23.0. The number of aliphatic imine (C=N–C) groups is 2. The number of likely N-dealkylation sites (N-methyl/N-ethyl adjacent to an activating group) is 1. The van der Waals surface area contributed by atoms with Crippen molar-refractivity contribution >= 4 is 24.3 Å². The molecule has 146 valence electrons. The third kappa shape index (κ3) is 3.79. The number of aromatic hydroxyl groups is 1. The van der Waals surface area contributed by atoms with Crippen molar-refractivity contribution in [2.45, 2.75) is 25.5 Å². The number of aromatic amines is 1. The van der Waals surface area contributed by atoms with Crippen LogP contribution in [0.15, 0.2) is 16.2 Å². The number of aromatic nitrogens is 1. The van der Waals surface area contributed by atoms with Gasteiger partial charge in [-0.1, -0.05) is 6.92 Å². The second-order valence-electron chi connectivity index (χ2n) is 6.46. The molecule has 0 bridgehead atoms. The topological polar surface area (TPSA) is 149 Å². The molecule has 27 heavy (non-hydrogen) atoms. The van der Waals surface area contributed by atoms with E-state index in [0.717, 1.165) is 0 Å². The molecule has 0 spiro atoms. The number of likely N-dealkylation sites (tertiary alicyclic amines) is 1. The lowest BCUT2D eigenvalue weighted by Gasteiger charge is -2.49. The number of hydrogen-bond acceptors (Lipinski definition) is 7. The van der Waals surface area contributed by atoms with Crippen LogP contribution in [-0.2, 0) is 4.79 Å². The van der Waals surface area contributed by atoms with Gasteiger partial charge in [0.05, 0.1) is 12.6 Å². The van der Waals surface area contributed by atoms with Crippen LogP contribution in [0.3, 0.4) is 0 Å². The van der Waals surface area contributed by atoms with E-state index in [4.69, 9.17) is 5.26 Å². The van der Waals surface area contributed by atoms with Crippen LogP contribution in [0.5, 0.6) is 5.75 Å². The van der Waals surface area contributed by atoms with Crippen LogP contribution >= 0.6 is 0 Å². The van der Waals surface area contributed by atoms with Gasteiger partial charge >= 0.3 is 0 Å². The molecule has 2 rings (SSSR count). The number of H-pyrrole nitrogens is 1. The predicted molar refractivity (Wildman–Crippen MR) is 98.6 cm³/mol. The van der Waals surface area contributed by atoms with Crippen molar-refractivity contribution in [3.8, 4) is 11.8 Å². The van der Waals surface area contributed by atoms with E-state index in [9.17, 15) is 20.1 Å². The molecular formula is C17H24N6O4. The Bertz CT molecular complexity index is 783. The Morgan fingerprint density at radius 1 is 1.63 bits per heavy atom. The van der Waals surface area contributed by atoms with E-state index in [0.29, 0.717) is 13.0 Å². The number of aliphatic hydroxyl groups is 2. The lowest BCUT2D eigenvalue weighted by Crippen LogP contribution is -2.64. The van der Waals surface area contributed by atoms with Gasteiger partial charge in [-0.25, -0.2) is 9.98 Å². The maximum absolute atomic E-state index is 12.1. The Labute approximate surface area is 157 Å². The monoisotopic (exact) mass is 376 g/mol. The first-order valence-corrected chi connectivity index (χ1v) is 8.43. The fraction of sp³-hybridized carbons (Fsp3) is 0.529. The summed E-state index contributed by atoms with van der Waals surface area (Å²) in [6.45, 7) is 5.07. The van der Waals surface area contributed by atoms with Crippen molar-refractivity contribution in [1.82, 2.24) is 14.8 Å². The lowest BCUT2D eigenvalue weighted by molar-refractivity contribution is -0.161. The quantitative estimate of drug-likeness (QED) is 0.326. The van der Waals surface area contributed by atoms with Gasteiger partial charge in [-0.05, 0) is 13.1 Å². The molecule has 1 aromatic rings. The molecule has 2 atom stereocenters. The van der Waals surface area contributed by atoms with Crippen molar-refractivity contribution in [3.63, 3.8) is 0 Å². The molecule has 1 aliphatic rings. The van der Waals surface area contributed by atoms with E-state index in [1.54, 1.807) is 7.05 Å². The number of piperidine rings is 1. The molecular weight excluding hydrogens is 352 g/mol. The van der Waals surface area contributed by atoms with Gasteiger partial charge in [-0.2, -0.15) is 5.26 Å². The smallest absolute Gasteiger partial charge is 0.236 e. The summed E-state index contributed by atoms with van der Waals surface area (Å²) in [6.07, 6.45) is 1.54. The zero-order valence-electron chi connectivity index (χ0n) is 15.4. The Hall–Kier alpha value is -2.90. The maximum atomic E-state index is 12.1. The molecule has 1 amide bonds. The van der Waals surface area contributed by atoms with Crippen molar-refractivity contribution in [1.29, 1.82) is 5.26 Å². The summed E-state index contributed by atoms with van der Waals surface area (Å²) in [6, 6.07) is 1.82. The largest absolute Gasteiger partial charge is 0.506 e. The number of rotatable bonds is 5. The number of nitriles is 1. The van der Waals surface area contributed by atoms with Crippen molar-refractivity contribution in [2.24, 2.45) is 15.9 Å². The van der Waals surface area contributed by atoms with Crippen LogP contribution in [0, 0.1) is 17.2 Å². The average Bonchev–Trinajstić information content (AvgIpc) is 3.02. The molecule has 1 fully saturated rings. The van der Waals surface area contributed by atoms with Crippen LogP contribution in [0.25, 0.3) is 0 Å². The van der Waals surface area contributed by atoms with Gasteiger partial charge in [0, 0.05) is 25.7 Å². The van der Waals surface area contributed by atoms with E-state index in [2.05, 4.69) is 21.7 Å². The van der Waals surface area contributed by atoms with Crippen LogP contribution < -0.4 is 0 Å². The number of β-amino-alcohol motifs (C(OH)–C–C–N with tert-alkyl or cyclic N) is 1. The average molecular weight is 376 g/mol. The zero-order chi connectivity index (χ0) is 20.2. The van der Waals surface area contributed by atoms with Gasteiger partial charge in [-0.3, -0.25) is 4.79 Å². The van der Waals surface area contributed by atoms with Crippen LogP contribution in [0.4, 0.5) is 5.82 Å². The molecule has 1 aromatic heterocycles. The highest BCUT2D eigenvalue weighted by Crippen LogP contribution is 2.35. The number of amides is 1. The molecule has 10 heteroatoms. The number of nitrogens with one attached hydrogen (secondary N) is 1. The number of nitrogens with zero attached hydrogens (tertiary/aromatic N) is 5. The number of aliphatic hydroxyl groups excluding tert-OH is 1. The summed E-state index contributed by atoms with van der Waals surface area (Å²) in [5.74, 6) is -0.451. The standard InChI is InChI=1S/C17H24N6O4/c1-11-5-7-23(13(26)4-6-18)9-17(11,27)22(3)16(21-10-24)14-12(25)8-20-15(14)19-2/h8,11,20,24-25,27H,2,4-5,7,9-10H2,1,3H3. The van der Waals surface area contributed by atoms with E-state index in [1.165, 1.54) is 16.0 Å². The van der Waals surface area contributed by atoms with E-state index < -0.39 is 12.5 Å². The van der Waals surface area contributed by atoms with E-state index in [-0.39, 0.29) is 47.8 Å². The van der Waals surface area contributed by atoms with Crippen molar-refractivity contribution in [2.75, 3.05) is 26.9 Å². The molecule has 0 saturated carbocycles. The highest BCUT2D eigenvalue weighted by atomic mass is 16.3. The fourth-order valence-electron chi connectivity index (χ4n) is 3.28. The van der Waals surface area contributed by atoms with Gasteiger partial charge in [0.2, 0.25) is 5.91 Å². The summed E-state index contributed by atoms with van der Waals surface area (Å²) in [4.78, 5) is 25.5. The summed E-state index contributed by atoms with van der Waals surface area (Å²) < 4.78 is 0. The first-order valence-electron chi connectivity index (χ1n) is 8.43. The van der Waals surface area contributed by atoms with Crippen LogP contribution in [-0.4, -0.2) is 81.2 Å². The second kappa shape index (κ2) is 8.20. The number of carbonyl (C=O) groups excluding carboxylic acids is 1. The second-order valence-corrected chi connectivity index (χ2v) is 6.46. The highest BCUT2D eigenvalue weighted by Gasteiger charge is 2.46. The number of carbonyl (C=O) groups is 1. The summed E-state index contributed by atoms with van der Waals surface area (Å²) in [5, 5.41) is 39.7. The van der Waals surface area contributed by atoms with Crippen molar-refractivity contribution in [3.05, 3.63) is 11.8 Å². The molecule has 0 radical (unpaired) electrons. The molecule has 10 nitrogen and oxygen atoms in total. The van der Waals surface area contributed by atoms with E-state index >= 15 is 0 Å². The lowest BCUT2D eigenvalue weighted by atomic mass is 9.87. The first kappa shape index (κ1) is 20.4. The summed E-state index contributed by atoms with van der Waals surface area (Å²) in [5.41, 5.74) is -1.35. The highest BCUT2D eigenvalue weighted by molar-refractivity contribution is 6.05. The van der Waals surface area contributed by atoms with Crippen molar-refractivity contribution < 1.29 is 20.1 Å². The van der Waals surface area contributed by atoms with Gasteiger partial charge in [0.1, 0.15) is 36.1 Å². The van der Waals surface area contributed by atoms with Gasteiger partial charge in [0.15, 0.2) is 5.72 Å². The van der Waals surface area contributed by atoms with Crippen LogP contribution in [0.2, 0.25) is 0 Å². The number of hydrogen-bond donors (Lipinski definition) is 4. The molecule has 0 aromatic carbocycles. The van der Waals surface area contributed by atoms with E-state index in [1.807, 2.05) is 13.0 Å². The maximum Gasteiger partial charge on any atom is 0.236 e. The fourth-order valence-corrected chi connectivity index (χ4v) is 3.28. The molecule has 2 heterocycles. The Balaban J connectivity index is 2.43. The van der Waals surface area contributed by atoms with Gasteiger partial charge in [-0.15, -0.1) is 0 Å². The zero-order valence-corrected chi connectivity index (χ0v) is 15.4. The Morgan fingerprint density at radius 2 is 2.33 bits per heavy atom. The molecule has 0 aliphatic carbocycles. The van der Waals surface area contributed by atoms with Crippen LogP contribution in [0.1, 0.15) is 25.3 Å². The minimum absolute atomic E-state index is 0.0440. The summed E-state index contributed by atoms with van der Waals surface area (Å²) in [7, 11) is 1.56. The van der Waals surface area contributed by atoms with Gasteiger partial charge < -0.3 is 30.1 Å². The SMILES string of the molecule is C=Nc1[nH]cc(O)c1C(=NCO)N(C)C1(O)CN(C(=O)CC#N)CCC1C. The minimum Gasteiger partial charge on any atom is -0.506 e. The molecule has 2 unspecified atom stereocenters. The third-order valence-electron chi connectivity index (χ3n) is 4.97. The molecule has 4 N–H and O–H groups in total. The Kier molecular flexibility index (Phi) is 6.20.